The van der Waals surface area contributed by atoms with Crippen LogP contribution in [-0.4, -0.2) is 11.7 Å². The fraction of sp³-hybridized carbons (Fsp3) is 0.333. The Labute approximate surface area is 88.9 Å². The minimum atomic E-state index is -3.07. The van der Waals surface area contributed by atoms with Gasteiger partial charge in [0, 0.05) is 10.9 Å². The number of alkyl halides is 2. The molecule has 1 aromatic rings. The van der Waals surface area contributed by atoms with E-state index in [1.807, 2.05) is 0 Å². The molecule has 0 saturated carbocycles. The molecule has 14 heavy (non-hydrogen) atoms. The van der Waals surface area contributed by atoms with Crippen LogP contribution in [0.25, 0.3) is 0 Å². The van der Waals surface area contributed by atoms with Gasteiger partial charge in [-0.05, 0) is 24.7 Å². The third kappa shape index (κ3) is 2.42. The Hall–Kier alpha value is -0.680. The molecule has 78 valence electrons. The number of benzene rings is 1. The molecule has 1 rings (SSSR count). The maximum absolute atomic E-state index is 13.3. The summed E-state index contributed by atoms with van der Waals surface area (Å²) in [6, 6.07) is 3.88. The highest BCUT2D eigenvalue weighted by molar-refractivity contribution is 9.10. The summed E-state index contributed by atoms with van der Waals surface area (Å²) in [7, 11) is 0. The summed E-state index contributed by atoms with van der Waals surface area (Å²) in [5.74, 6) is -3.49. The zero-order valence-electron chi connectivity index (χ0n) is 7.30. The summed E-state index contributed by atoms with van der Waals surface area (Å²) >= 11 is 3.07. The lowest BCUT2D eigenvalue weighted by Crippen LogP contribution is -2.18. The predicted molar refractivity (Wildman–Crippen MR) is 53.4 cm³/mol. The summed E-state index contributed by atoms with van der Waals surface area (Å²) in [5, 5.41) is 9.30. The second-order valence-electron chi connectivity index (χ2n) is 2.90. The van der Waals surface area contributed by atoms with Gasteiger partial charge in [0.25, 0.3) is 5.92 Å². The Morgan fingerprint density at radius 1 is 1.43 bits per heavy atom. The first-order chi connectivity index (χ1) is 6.47. The van der Waals surface area contributed by atoms with Crippen LogP contribution >= 0.6 is 15.9 Å². The quantitative estimate of drug-likeness (QED) is 0.883. The maximum atomic E-state index is 13.3. The standard InChI is InChI=1S/C9H10BrF2NO/c10-6-1-2-7(8(14)5-6)9(11,12)3-4-13/h1-2,5,14H,3-4,13H2. The fourth-order valence-corrected chi connectivity index (χ4v) is 1.48. The van der Waals surface area contributed by atoms with Gasteiger partial charge in [0.05, 0.1) is 5.56 Å². The lowest BCUT2D eigenvalue weighted by molar-refractivity contribution is -0.0127. The van der Waals surface area contributed by atoms with Crippen molar-refractivity contribution in [2.75, 3.05) is 6.54 Å². The molecule has 5 heteroatoms. The molecule has 2 nitrogen and oxygen atoms in total. The number of rotatable bonds is 3. The molecular formula is C9H10BrF2NO. The van der Waals surface area contributed by atoms with Crippen LogP contribution in [0.1, 0.15) is 12.0 Å². The Morgan fingerprint density at radius 3 is 2.57 bits per heavy atom. The van der Waals surface area contributed by atoms with E-state index in [1.165, 1.54) is 18.2 Å². The van der Waals surface area contributed by atoms with E-state index in [9.17, 15) is 13.9 Å². The highest BCUT2D eigenvalue weighted by atomic mass is 79.9. The van der Waals surface area contributed by atoms with E-state index >= 15 is 0 Å². The van der Waals surface area contributed by atoms with Gasteiger partial charge in [-0.2, -0.15) is 0 Å². The van der Waals surface area contributed by atoms with Gasteiger partial charge >= 0.3 is 0 Å². The van der Waals surface area contributed by atoms with Gasteiger partial charge in [0.15, 0.2) is 0 Å². The molecule has 0 amide bonds. The largest absolute Gasteiger partial charge is 0.507 e. The van der Waals surface area contributed by atoms with Gasteiger partial charge in [0.1, 0.15) is 5.75 Å². The van der Waals surface area contributed by atoms with Crippen LogP contribution in [0.5, 0.6) is 5.75 Å². The monoisotopic (exact) mass is 265 g/mol. The van der Waals surface area contributed by atoms with Crippen LogP contribution in [0.15, 0.2) is 22.7 Å². The molecular weight excluding hydrogens is 256 g/mol. The second-order valence-corrected chi connectivity index (χ2v) is 3.82. The molecule has 0 radical (unpaired) electrons. The van der Waals surface area contributed by atoms with E-state index in [4.69, 9.17) is 5.73 Å². The number of hydrogen-bond donors (Lipinski definition) is 2. The van der Waals surface area contributed by atoms with Crippen LogP contribution < -0.4 is 5.73 Å². The second kappa shape index (κ2) is 4.23. The third-order valence-corrected chi connectivity index (χ3v) is 2.31. The van der Waals surface area contributed by atoms with Crippen LogP contribution in [0, 0.1) is 0 Å². The van der Waals surface area contributed by atoms with Crippen molar-refractivity contribution < 1.29 is 13.9 Å². The van der Waals surface area contributed by atoms with Gasteiger partial charge in [-0.15, -0.1) is 0 Å². The Morgan fingerprint density at radius 2 is 2.07 bits per heavy atom. The molecule has 0 fully saturated rings. The summed E-state index contributed by atoms with van der Waals surface area (Å²) in [6.45, 7) is -0.123. The minimum absolute atomic E-state index is 0.123. The number of aromatic hydroxyl groups is 1. The first-order valence-corrected chi connectivity index (χ1v) is 4.83. The van der Waals surface area contributed by atoms with Crippen molar-refractivity contribution in [2.24, 2.45) is 5.73 Å². The lowest BCUT2D eigenvalue weighted by atomic mass is 10.0. The van der Waals surface area contributed by atoms with Crippen molar-refractivity contribution in [1.29, 1.82) is 0 Å². The topological polar surface area (TPSA) is 46.2 Å². The van der Waals surface area contributed by atoms with E-state index in [2.05, 4.69) is 15.9 Å². The molecule has 0 heterocycles. The first kappa shape index (κ1) is 11.4. The molecule has 0 aliphatic rings. The highest BCUT2D eigenvalue weighted by Crippen LogP contribution is 2.37. The van der Waals surface area contributed by atoms with Gasteiger partial charge in [-0.25, -0.2) is 8.78 Å². The Balaban J connectivity index is 3.06. The van der Waals surface area contributed by atoms with E-state index in [0.717, 1.165) is 0 Å². The summed E-state index contributed by atoms with van der Waals surface area (Å²) in [6.07, 6.45) is -0.470. The van der Waals surface area contributed by atoms with E-state index in [0.29, 0.717) is 4.47 Å². The predicted octanol–water partition coefficient (Wildman–Crippen LogP) is 2.60. The average Bonchev–Trinajstić information content (AvgIpc) is 2.02. The zero-order chi connectivity index (χ0) is 10.8. The van der Waals surface area contributed by atoms with Gasteiger partial charge in [-0.1, -0.05) is 15.9 Å². The van der Waals surface area contributed by atoms with Crippen molar-refractivity contribution >= 4 is 15.9 Å². The number of hydrogen-bond acceptors (Lipinski definition) is 2. The summed E-state index contributed by atoms with van der Waals surface area (Å²) < 4.78 is 27.1. The van der Waals surface area contributed by atoms with E-state index < -0.39 is 18.1 Å². The number of nitrogens with two attached hydrogens (primary N) is 1. The van der Waals surface area contributed by atoms with Crippen LogP contribution in [-0.2, 0) is 5.92 Å². The molecule has 0 aromatic heterocycles. The molecule has 3 N–H and O–H groups in total. The maximum Gasteiger partial charge on any atom is 0.278 e. The zero-order valence-corrected chi connectivity index (χ0v) is 8.89. The molecule has 0 saturated heterocycles. The Kier molecular flexibility index (Phi) is 3.44. The smallest absolute Gasteiger partial charge is 0.278 e. The summed E-state index contributed by atoms with van der Waals surface area (Å²) in [5.41, 5.74) is 4.68. The van der Waals surface area contributed by atoms with E-state index in [-0.39, 0.29) is 12.1 Å². The number of halogens is 3. The lowest BCUT2D eigenvalue weighted by Gasteiger charge is -2.16. The fourth-order valence-electron chi connectivity index (χ4n) is 1.13. The van der Waals surface area contributed by atoms with Gasteiger partial charge in [0.2, 0.25) is 0 Å². The number of phenols is 1. The van der Waals surface area contributed by atoms with Crippen molar-refractivity contribution in [2.45, 2.75) is 12.3 Å². The molecule has 0 aliphatic heterocycles. The number of phenolic OH excluding ortho intramolecular Hbond substituents is 1. The molecule has 0 unspecified atom stereocenters. The van der Waals surface area contributed by atoms with E-state index in [1.54, 1.807) is 0 Å². The van der Waals surface area contributed by atoms with Crippen molar-refractivity contribution in [3.05, 3.63) is 28.2 Å². The third-order valence-electron chi connectivity index (χ3n) is 1.81. The van der Waals surface area contributed by atoms with Crippen molar-refractivity contribution in [3.63, 3.8) is 0 Å². The molecule has 1 aromatic carbocycles. The van der Waals surface area contributed by atoms with Crippen LogP contribution in [0.4, 0.5) is 8.78 Å². The highest BCUT2D eigenvalue weighted by Gasteiger charge is 2.33. The normalized spacial score (nSPS) is 11.7. The first-order valence-electron chi connectivity index (χ1n) is 4.04. The molecule has 0 spiro atoms. The molecule has 0 atom stereocenters. The SMILES string of the molecule is NCCC(F)(F)c1ccc(Br)cc1O. The van der Waals surface area contributed by atoms with Crippen molar-refractivity contribution in [3.8, 4) is 5.75 Å². The summed E-state index contributed by atoms with van der Waals surface area (Å²) in [4.78, 5) is 0. The Bertz CT molecular complexity index is 331. The van der Waals surface area contributed by atoms with Gasteiger partial charge in [-0.3, -0.25) is 0 Å². The van der Waals surface area contributed by atoms with Gasteiger partial charge < -0.3 is 10.8 Å². The van der Waals surface area contributed by atoms with Crippen LogP contribution in [0.2, 0.25) is 0 Å². The average molecular weight is 266 g/mol. The molecule has 0 aliphatic carbocycles. The molecule has 0 bridgehead atoms. The van der Waals surface area contributed by atoms with Crippen LogP contribution in [0.3, 0.4) is 0 Å². The minimum Gasteiger partial charge on any atom is -0.507 e. The van der Waals surface area contributed by atoms with Crippen molar-refractivity contribution in [1.82, 2.24) is 0 Å².